The molecule has 22 heavy (non-hydrogen) atoms. The minimum absolute atomic E-state index is 0.00694. The van der Waals surface area contributed by atoms with Crippen LogP contribution in [0.1, 0.15) is 17.2 Å². The number of hydrogen-bond acceptors (Lipinski definition) is 5. The number of nitrogens with one attached hydrogen (secondary N) is 1. The molecule has 1 atom stereocenters. The van der Waals surface area contributed by atoms with Crippen LogP contribution in [0.15, 0.2) is 54.6 Å². The highest BCUT2D eigenvalue weighted by Gasteiger charge is 2.16. The molecule has 0 aromatic heterocycles. The van der Waals surface area contributed by atoms with Gasteiger partial charge in [0.1, 0.15) is 12.4 Å². The van der Waals surface area contributed by atoms with E-state index in [0.717, 1.165) is 5.56 Å². The number of aromatic hydroxyl groups is 1. The maximum atomic E-state index is 11.7. The average molecular weight is 300 g/mol. The normalized spacial score (nSPS) is 11.5. The van der Waals surface area contributed by atoms with E-state index >= 15 is 0 Å². The van der Waals surface area contributed by atoms with Crippen LogP contribution >= 0.6 is 0 Å². The van der Waals surface area contributed by atoms with Crippen molar-refractivity contribution < 1.29 is 24.5 Å². The van der Waals surface area contributed by atoms with Gasteiger partial charge in [0, 0.05) is 0 Å². The first kappa shape index (κ1) is 15.4. The summed E-state index contributed by atoms with van der Waals surface area (Å²) >= 11 is 0. The lowest BCUT2D eigenvalue weighted by Gasteiger charge is -2.20. The fourth-order valence-electron chi connectivity index (χ4n) is 1.83. The van der Waals surface area contributed by atoms with Crippen molar-refractivity contribution in [2.24, 2.45) is 0 Å². The smallest absolute Gasteiger partial charge is 0.408 e. The number of alkyl carbamates (subject to hydrolysis) is 1. The molecule has 0 radical (unpaired) electrons. The molecule has 6 heteroatoms. The number of carboxylic acids is 1. The van der Waals surface area contributed by atoms with Crippen LogP contribution in [0.4, 0.5) is 4.79 Å². The molecule has 0 aliphatic carbocycles. The van der Waals surface area contributed by atoms with Crippen LogP contribution in [0.5, 0.6) is 5.75 Å². The Labute approximate surface area is 127 Å². The second-order valence-corrected chi connectivity index (χ2v) is 4.55. The lowest BCUT2D eigenvalue weighted by atomic mass is 10.1. The molecule has 0 bridgehead atoms. The van der Waals surface area contributed by atoms with Gasteiger partial charge in [-0.05, 0) is 23.3 Å². The van der Waals surface area contributed by atoms with Gasteiger partial charge in [-0.25, -0.2) is 4.79 Å². The highest BCUT2D eigenvalue weighted by atomic mass is 16.5. The Balaban J connectivity index is 1.97. The standard InChI is InChI=1S/C16H15NO5/c18-13-8-6-12(7-9-13)14(15(19)20)17-16(21)22-10-11-4-2-1-3-5-11/h1-9,14,18H,10H2,(H,17,21)(H,19,20)/p-1/t14-/m0/s1. The van der Waals surface area contributed by atoms with E-state index in [4.69, 9.17) is 4.74 Å². The number of aliphatic carboxylic acids is 1. The van der Waals surface area contributed by atoms with Crippen molar-refractivity contribution in [1.82, 2.24) is 5.32 Å². The second kappa shape index (κ2) is 7.12. The SMILES string of the molecule is O=C(N[C@H](C(=O)[O-])c1ccc(O)cc1)OCc1ccccc1. The first-order chi connectivity index (χ1) is 10.6. The maximum absolute atomic E-state index is 11.7. The van der Waals surface area contributed by atoms with Crippen LogP contribution in [-0.4, -0.2) is 17.2 Å². The second-order valence-electron chi connectivity index (χ2n) is 4.55. The lowest BCUT2D eigenvalue weighted by molar-refractivity contribution is -0.308. The Bertz CT molecular complexity index is 639. The monoisotopic (exact) mass is 300 g/mol. The van der Waals surface area contributed by atoms with E-state index in [0.29, 0.717) is 0 Å². The zero-order valence-corrected chi connectivity index (χ0v) is 11.6. The van der Waals surface area contributed by atoms with Gasteiger partial charge in [-0.15, -0.1) is 0 Å². The first-order valence-corrected chi connectivity index (χ1v) is 6.53. The number of phenols is 1. The molecular formula is C16H14NO5-. The largest absolute Gasteiger partial charge is 0.548 e. The molecule has 0 heterocycles. The van der Waals surface area contributed by atoms with Gasteiger partial charge in [0.05, 0.1) is 12.0 Å². The van der Waals surface area contributed by atoms with Gasteiger partial charge >= 0.3 is 6.09 Å². The zero-order valence-electron chi connectivity index (χ0n) is 11.6. The molecular weight excluding hydrogens is 286 g/mol. The van der Waals surface area contributed by atoms with Crippen LogP contribution in [0.3, 0.4) is 0 Å². The van der Waals surface area contributed by atoms with E-state index in [2.05, 4.69) is 5.32 Å². The lowest BCUT2D eigenvalue weighted by Crippen LogP contribution is -2.41. The molecule has 6 nitrogen and oxygen atoms in total. The van der Waals surface area contributed by atoms with E-state index in [1.165, 1.54) is 24.3 Å². The summed E-state index contributed by atoms with van der Waals surface area (Å²) in [7, 11) is 0. The molecule has 0 aliphatic rings. The van der Waals surface area contributed by atoms with Gasteiger partial charge in [0.2, 0.25) is 0 Å². The van der Waals surface area contributed by atoms with E-state index in [-0.39, 0.29) is 17.9 Å². The Morgan fingerprint density at radius 1 is 1.09 bits per heavy atom. The minimum Gasteiger partial charge on any atom is -0.548 e. The maximum Gasteiger partial charge on any atom is 0.408 e. The van der Waals surface area contributed by atoms with Gasteiger partial charge in [-0.3, -0.25) is 0 Å². The number of carboxylic acid groups (broad SMARTS) is 1. The number of rotatable bonds is 5. The zero-order chi connectivity index (χ0) is 15.9. The van der Waals surface area contributed by atoms with Crippen molar-refractivity contribution >= 4 is 12.1 Å². The molecule has 0 spiro atoms. The van der Waals surface area contributed by atoms with Crippen molar-refractivity contribution in [1.29, 1.82) is 0 Å². The van der Waals surface area contributed by atoms with Crippen LogP contribution in [-0.2, 0) is 16.1 Å². The number of carbonyl (C=O) groups excluding carboxylic acids is 2. The van der Waals surface area contributed by atoms with Crippen LogP contribution in [0.2, 0.25) is 0 Å². The van der Waals surface area contributed by atoms with Crippen LogP contribution in [0.25, 0.3) is 0 Å². The first-order valence-electron chi connectivity index (χ1n) is 6.53. The molecule has 0 unspecified atom stereocenters. The summed E-state index contributed by atoms with van der Waals surface area (Å²) in [5, 5.41) is 22.6. The summed E-state index contributed by atoms with van der Waals surface area (Å²) in [6, 6.07) is 13.1. The molecule has 0 saturated carbocycles. The van der Waals surface area contributed by atoms with E-state index in [1.807, 2.05) is 6.07 Å². The molecule has 2 aromatic carbocycles. The quantitative estimate of drug-likeness (QED) is 0.862. The summed E-state index contributed by atoms with van der Waals surface area (Å²) < 4.78 is 4.96. The van der Waals surface area contributed by atoms with Gasteiger partial charge in [0.25, 0.3) is 0 Å². The molecule has 2 rings (SSSR count). The third-order valence-electron chi connectivity index (χ3n) is 2.94. The average Bonchev–Trinajstić information content (AvgIpc) is 2.52. The Hall–Kier alpha value is -3.02. The van der Waals surface area contributed by atoms with E-state index in [1.54, 1.807) is 24.3 Å². The van der Waals surface area contributed by atoms with Crippen molar-refractivity contribution in [3.8, 4) is 5.75 Å². The molecule has 0 saturated heterocycles. The molecule has 0 aliphatic heterocycles. The van der Waals surface area contributed by atoms with E-state index < -0.39 is 18.1 Å². The number of ether oxygens (including phenoxy) is 1. The highest BCUT2D eigenvalue weighted by Crippen LogP contribution is 2.16. The predicted molar refractivity (Wildman–Crippen MR) is 75.6 cm³/mol. The van der Waals surface area contributed by atoms with Crippen LogP contribution < -0.4 is 10.4 Å². The van der Waals surface area contributed by atoms with Crippen molar-refractivity contribution in [2.75, 3.05) is 0 Å². The van der Waals surface area contributed by atoms with Crippen molar-refractivity contribution in [3.63, 3.8) is 0 Å². The third-order valence-corrected chi connectivity index (χ3v) is 2.94. The third kappa shape index (κ3) is 4.24. The van der Waals surface area contributed by atoms with Gasteiger partial charge in [-0.1, -0.05) is 42.5 Å². The molecule has 114 valence electrons. The fourth-order valence-corrected chi connectivity index (χ4v) is 1.83. The van der Waals surface area contributed by atoms with Crippen molar-refractivity contribution in [2.45, 2.75) is 12.6 Å². The van der Waals surface area contributed by atoms with E-state index in [9.17, 15) is 19.8 Å². The fraction of sp³-hybridized carbons (Fsp3) is 0.125. The molecule has 1 amide bonds. The van der Waals surface area contributed by atoms with Gasteiger partial charge in [0.15, 0.2) is 0 Å². The molecule has 2 N–H and O–H groups in total. The van der Waals surface area contributed by atoms with Gasteiger partial charge < -0.3 is 25.1 Å². The summed E-state index contributed by atoms with van der Waals surface area (Å²) in [5.74, 6) is -1.48. The Morgan fingerprint density at radius 3 is 2.32 bits per heavy atom. The minimum atomic E-state index is -1.47. The topological polar surface area (TPSA) is 98.7 Å². The Morgan fingerprint density at radius 2 is 1.73 bits per heavy atom. The summed E-state index contributed by atoms with van der Waals surface area (Å²) in [6.07, 6.45) is -0.869. The summed E-state index contributed by atoms with van der Waals surface area (Å²) in [5.41, 5.74) is 1.06. The predicted octanol–water partition coefficient (Wildman–Crippen LogP) is 1.11. The number of phenolic OH excluding ortho intramolecular Hbond substituents is 1. The number of hydrogen-bond donors (Lipinski definition) is 2. The van der Waals surface area contributed by atoms with Crippen molar-refractivity contribution in [3.05, 3.63) is 65.7 Å². The summed E-state index contributed by atoms with van der Waals surface area (Å²) in [6.45, 7) is 0.0298. The molecule has 0 fully saturated rings. The van der Waals surface area contributed by atoms with Gasteiger partial charge in [-0.2, -0.15) is 0 Å². The van der Waals surface area contributed by atoms with Crippen LogP contribution in [0, 0.1) is 0 Å². The number of amides is 1. The number of carbonyl (C=O) groups is 2. The highest BCUT2D eigenvalue weighted by molar-refractivity contribution is 5.80. The summed E-state index contributed by atoms with van der Waals surface area (Å²) in [4.78, 5) is 22.8. The number of benzene rings is 2. The molecule has 2 aromatic rings. The Kier molecular flexibility index (Phi) is 4.98.